The minimum absolute atomic E-state index is 0.0165. The fourth-order valence-electron chi connectivity index (χ4n) is 2.94. The van der Waals surface area contributed by atoms with E-state index < -0.39 is 5.60 Å². The second-order valence-corrected chi connectivity index (χ2v) is 7.30. The Kier molecular flexibility index (Phi) is 5.32. The normalized spacial score (nSPS) is 22.4. The van der Waals surface area contributed by atoms with Gasteiger partial charge in [-0.3, -0.25) is 4.79 Å². The Morgan fingerprint density at radius 2 is 1.91 bits per heavy atom. The van der Waals surface area contributed by atoms with E-state index in [0.717, 1.165) is 32.1 Å². The molecule has 2 rings (SSSR count). The average Bonchev–Trinajstić information content (AvgIpc) is 3.27. The first-order valence-corrected chi connectivity index (χ1v) is 8.31. The number of nitrogens with zero attached hydrogens (tertiary/aromatic N) is 2. The first-order chi connectivity index (χ1) is 10.3. The summed E-state index contributed by atoms with van der Waals surface area (Å²) in [6, 6.07) is 0.359. The molecule has 6 heteroatoms. The summed E-state index contributed by atoms with van der Waals surface area (Å²) in [5, 5.41) is 0. The predicted octanol–water partition coefficient (Wildman–Crippen LogP) is 1.73. The highest BCUT2D eigenvalue weighted by atomic mass is 16.6. The molecular formula is C16H29N3O3. The van der Waals surface area contributed by atoms with Crippen molar-refractivity contribution < 1.29 is 14.3 Å². The molecule has 22 heavy (non-hydrogen) atoms. The summed E-state index contributed by atoms with van der Waals surface area (Å²) in [4.78, 5) is 28.1. The van der Waals surface area contributed by atoms with Crippen LogP contribution in [0.5, 0.6) is 0 Å². The maximum atomic E-state index is 12.4. The minimum Gasteiger partial charge on any atom is -0.444 e. The molecule has 1 saturated heterocycles. The lowest BCUT2D eigenvalue weighted by Gasteiger charge is -2.39. The van der Waals surface area contributed by atoms with Crippen LogP contribution in [0.1, 0.15) is 52.9 Å². The van der Waals surface area contributed by atoms with E-state index in [4.69, 9.17) is 10.5 Å². The highest BCUT2D eigenvalue weighted by Crippen LogP contribution is 2.29. The molecule has 0 bridgehead atoms. The minimum atomic E-state index is -0.498. The fraction of sp³-hybridized carbons (Fsp3) is 0.875. The second-order valence-electron chi connectivity index (χ2n) is 7.30. The molecule has 2 aliphatic rings. The second kappa shape index (κ2) is 6.86. The van der Waals surface area contributed by atoms with Gasteiger partial charge in [0.1, 0.15) is 5.60 Å². The largest absolute Gasteiger partial charge is 0.444 e. The van der Waals surface area contributed by atoms with E-state index in [1.165, 1.54) is 0 Å². The Morgan fingerprint density at radius 3 is 2.45 bits per heavy atom. The van der Waals surface area contributed by atoms with Crippen LogP contribution >= 0.6 is 0 Å². The number of carbonyl (C=O) groups excluding carboxylic acids is 2. The Morgan fingerprint density at radius 1 is 1.23 bits per heavy atom. The maximum absolute atomic E-state index is 12.4. The van der Waals surface area contributed by atoms with Crippen LogP contribution in [0.25, 0.3) is 0 Å². The molecule has 1 atom stereocenters. The molecule has 0 aromatic heterocycles. The van der Waals surface area contributed by atoms with Crippen LogP contribution < -0.4 is 5.73 Å². The zero-order valence-electron chi connectivity index (χ0n) is 14.0. The highest BCUT2D eigenvalue weighted by Gasteiger charge is 2.37. The molecule has 0 spiro atoms. The number of piperidine rings is 1. The predicted molar refractivity (Wildman–Crippen MR) is 84.4 cm³/mol. The fourth-order valence-corrected chi connectivity index (χ4v) is 2.94. The Balaban J connectivity index is 2.02. The van der Waals surface area contributed by atoms with Crippen LogP contribution in [-0.4, -0.2) is 59.1 Å². The van der Waals surface area contributed by atoms with Gasteiger partial charge < -0.3 is 20.3 Å². The van der Waals surface area contributed by atoms with Crippen LogP contribution in [0, 0.1) is 0 Å². The molecule has 1 saturated carbocycles. The van der Waals surface area contributed by atoms with Crippen molar-refractivity contribution >= 4 is 12.0 Å². The monoisotopic (exact) mass is 311 g/mol. The topological polar surface area (TPSA) is 75.9 Å². The summed E-state index contributed by atoms with van der Waals surface area (Å²) in [6.45, 7) is 6.94. The molecule has 1 aliphatic carbocycles. The number of rotatable bonds is 4. The van der Waals surface area contributed by atoms with Gasteiger partial charge in [-0.15, -0.1) is 0 Å². The van der Waals surface area contributed by atoms with Gasteiger partial charge in [-0.25, -0.2) is 4.79 Å². The summed E-state index contributed by atoms with van der Waals surface area (Å²) < 4.78 is 5.51. The quantitative estimate of drug-likeness (QED) is 0.858. The number of hydrogen-bond donors (Lipinski definition) is 1. The molecule has 0 radical (unpaired) electrons. The van der Waals surface area contributed by atoms with Crippen molar-refractivity contribution in [1.82, 2.24) is 9.80 Å². The van der Waals surface area contributed by atoms with Gasteiger partial charge in [-0.2, -0.15) is 0 Å². The molecule has 1 aliphatic heterocycles. The summed E-state index contributed by atoms with van der Waals surface area (Å²) in [7, 11) is 0. The van der Waals surface area contributed by atoms with E-state index in [0.29, 0.717) is 19.1 Å². The number of carbonyl (C=O) groups is 2. The summed E-state index contributed by atoms with van der Waals surface area (Å²) in [5.41, 5.74) is 5.03. The molecule has 2 N–H and O–H groups in total. The summed E-state index contributed by atoms with van der Waals surface area (Å²) in [5.74, 6) is -0.0165. The van der Waals surface area contributed by atoms with Crippen LogP contribution in [0.3, 0.4) is 0 Å². The highest BCUT2D eigenvalue weighted by molar-refractivity contribution is 5.79. The molecule has 6 nitrogen and oxygen atoms in total. The number of ether oxygens (including phenoxy) is 1. The lowest BCUT2D eigenvalue weighted by Crippen LogP contribution is -2.53. The molecule has 1 heterocycles. The van der Waals surface area contributed by atoms with Crippen molar-refractivity contribution in [3.05, 3.63) is 0 Å². The van der Waals surface area contributed by atoms with Gasteiger partial charge in [0.25, 0.3) is 0 Å². The van der Waals surface area contributed by atoms with Gasteiger partial charge in [-0.1, -0.05) is 0 Å². The van der Waals surface area contributed by atoms with E-state index in [2.05, 4.69) is 0 Å². The standard InChI is InChI=1S/C16H29N3O3/c1-16(2,3)22-15(21)18-9-5-4-6-13(18)11-19(12-7-8-12)14(20)10-17/h12-13H,4-11,17H2,1-3H3/t13-/m1/s1. The van der Waals surface area contributed by atoms with E-state index in [1.807, 2.05) is 25.7 Å². The van der Waals surface area contributed by atoms with Gasteiger partial charge in [0.05, 0.1) is 12.6 Å². The third kappa shape index (κ3) is 4.60. The summed E-state index contributed by atoms with van der Waals surface area (Å²) >= 11 is 0. The van der Waals surface area contributed by atoms with Crippen molar-refractivity contribution in [3.63, 3.8) is 0 Å². The van der Waals surface area contributed by atoms with Crippen LogP contribution in [0.2, 0.25) is 0 Å². The number of likely N-dealkylation sites (tertiary alicyclic amines) is 1. The Hall–Kier alpha value is -1.30. The Bertz CT molecular complexity index is 415. The molecule has 126 valence electrons. The molecule has 0 unspecified atom stereocenters. The first-order valence-electron chi connectivity index (χ1n) is 8.31. The SMILES string of the molecule is CC(C)(C)OC(=O)N1CCCC[C@@H]1CN(C(=O)CN)C1CC1. The van der Waals surface area contributed by atoms with E-state index in [9.17, 15) is 9.59 Å². The van der Waals surface area contributed by atoms with Crippen molar-refractivity contribution in [2.45, 2.75) is 70.6 Å². The van der Waals surface area contributed by atoms with E-state index in [1.54, 1.807) is 4.90 Å². The zero-order valence-corrected chi connectivity index (χ0v) is 14.0. The zero-order chi connectivity index (χ0) is 16.3. The van der Waals surface area contributed by atoms with Crippen molar-refractivity contribution in [1.29, 1.82) is 0 Å². The van der Waals surface area contributed by atoms with Crippen molar-refractivity contribution in [2.75, 3.05) is 19.6 Å². The average molecular weight is 311 g/mol. The van der Waals surface area contributed by atoms with Gasteiger partial charge in [0, 0.05) is 19.1 Å². The smallest absolute Gasteiger partial charge is 0.410 e. The van der Waals surface area contributed by atoms with E-state index >= 15 is 0 Å². The van der Waals surface area contributed by atoms with Crippen molar-refractivity contribution in [3.8, 4) is 0 Å². The van der Waals surface area contributed by atoms with E-state index in [-0.39, 0.29) is 24.6 Å². The van der Waals surface area contributed by atoms with Gasteiger partial charge in [0.15, 0.2) is 0 Å². The van der Waals surface area contributed by atoms with Gasteiger partial charge >= 0.3 is 6.09 Å². The van der Waals surface area contributed by atoms with Gasteiger partial charge in [-0.05, 0) is 52.9 Å². The number of hydrogen-bond acceptors (Lipinski definition) is 4. The number of amides is 2. The van der Waals surface area contributed by atoms with Crippen LogP contribution in [0.4, 0.5) is 4.79 Å². The lowest BCUT2D eigenvalue weighted by molar-refractivity contribution is -0.131. The molecule has 2 amide bonds. The first kappa shape index (κ1) is 17.1. The maximum Gasteiger partial charge on any atom is 0.410 e. The Labute approximate surface area is 132 Å². The third-order valence-electron chi connectivity index (χ3n) is 4.15. The molecule has 2 fully saturated rings. The van der Waals surface area contributed by atoms with Gasteiger partial charge in [0.2, 0.25) is 5.91 Å². The van der Waals surface area contributed by atoms with Crippen molar-refractivity contribution in [2.24, 2.45) is 5.73 Å². The summed E-state index contributed by atoms with van der Waals surface area (Å²) in [6.07, 6.45) is 4.81. The van der Waals surface area contributed by atoms with Crippen LogP contribution in [-0.2, 0) is 9.53 Å². The molecule has 0 aromatic carbocycles. The molecular weight excluding hydrogens is 282 g/mol. The number of nitrogens with two attached hydrogens (primary N) is 1. The molecule has 0 aromatic rings. The third-order valence-corrected chi connectivity index (χ3v) is 4.15. The van der Waals surface area contributed by atoms with Crippen LogP contribution in [0.15, 0.2) is 0 Å². The lowest BCUT2D eigenvalue weighted by atomic mass is 10.0.